The maximum absolute atomic E-state index is 12.8. The molecule has 0 unspecified atom stereocenters. The van der Waals surface area contributed by atoms with Gasteiger partial charge >= 0.3 is 12.4 Å². The van der Waals surface area contributed by atoms with Crippen LogP contribution in [0.25, 0.3) is 0 Å². The Morgan fingerprint density at radius 1 is 0.567 bits per heavy atom. The molecule has 0 aliphatic rings. The molecule has 3 aromatic rings. The van der Waals surface area contributed by atoms with E-state index in [4.69, 9.17) is 0 Å². The Bertz CT molecular complexity index is 1070. The molecule has 0 spiro atoms. The van der Waals surface area contributed by atoms with Gasteiger partial charge < -0.3 is 9.13 Å². The van der Waals surface area contributed by atoms with Crippen LogP contribution in [0.5, 0.6) is 0 Å². The van der Waals surface area contributed by atoms with Crippen LogP contribution in [0.1, 0.15) is 22.3 Å². The molecule has 0 bridgehead atoms. The second-order valence-corrected chi connectivity index (χ2v) is 6.58. The van der Waals surface area contributed by atoms with Gasteiger partial charge in [0.1, 0.15) is 0 Å². The molecule has 158 valence electrons. The van der Waals surface area contributed by atoms with Crippen LogP contribution < -0.4 is 11.1 Å². The van der Waals surface area contributed by atoms with Crippen molar-refractivity contribution < 1.29 is 26.3 Å². The molecule has 10 heteroatoms. The molecular formula is C20H14F6N2O2. The Morgan fingerprint density at radius 3 is 1.20 bits per heavy atom. The van der Waals surface area contributed by atoms with Crippen LogP contribution in [-0.4, -0.2) is 9.13 Å². The number of hydrogen-bond donors (Lipinski definition) is 0. The van der Waals surface area contributed by atoms with Crippen LogP contribution in [0.4, 0.5) is 26.3 Å². The van der Waals surface area contributed by atoms with Crippen molar-refractivity contribution in [3.63, 3.8) is 0 Å². The number of nitrogens with zero attached hydrogens (tertiary/aromatic N) is 2. The minimum atomic E-state index is -4.59. The van der Waals surface area contributed by atoms with Crippen LogP contribution in [0.3, 0.4) is 0 Å². The normalized spacial score (nSPS) is 12.2. The van der Waals surface area contributed by atoms with Gasteiger partial charge in [-0.05, 0) is 23.3 Å². The molecule has 0 amide bonds. The van der Waals surface area contributed by atoms with Crippen molar-refractivity contribution in [3.8, 4) is 0 Å². The summed E-state index contributed by atoms with van der Waals surface area (Å²) in [5, 5.41) is 0. The van der Waals surface area contributed by atoms with E-state index in [2.05, 4.69) is 0 Å². The summed E-state index contributed by atoms with van der Waals surface area (Å²) in [7, 11) is 0. The summed E-state index contributed by atoms with van der Waals surface area (Å²) in [6.07, 6.45) is -7.73. The van der Waals surface area contributed by atoms with E-state index < -0.39 is 34.6 Å². The molecule has 1 aromatic carbocycles. The second kappa shape index (κ2) is 7.85. The lowest BCUT2D eigenvalue weighted by atomic mass is 10.1. The largest absolute Gasteiger partial charge is 0.417 e. The number of hydrogen-bond acceptors (Lipinski definition) is 2. The third kappa shape index (κ3) is 5.00. The molecule has 0 radical (unpaired) electrons. The van der Waals surface area contributed by atoms with Crippen LogP contribution in [0.2, 0.25) is 0 Å². The van der Waals surface area contributed by atoms with Gasteiger partial charge in [0, 0.05) is 24.5 Å². The van der Waals surface area contributed by atoms with Gasteiger partial charge in [0.25, 0.3) is 11.1 Å². The number of halogens is 6. The smallest absolute Gasteiger partial charge is 0.311 e. The predicted molar refractivity (Wildman–Crippen MR) is 96.1 cm³/mol. The van der Waals surface area contributed by atoms with Crippen molar-refractivity contribution in [2.75, 3.05) is 0 Å². The van der Waals surface area contributed by atoms with E-state index in [0.717, 1.165) is 33.7 Å². The molecule has 0 N–H and O–H groups in total. The third-order valence-electron chi connectivity index (χ3n) is 4.35. The van der Waals surface area contributed by atoms with Gasteiger partial charge in [0.15, 0.2) is 0 Å². The monoisotopic (exact) mass is 428 g/mol. The standard InChI is InChI=1S/C20H14F6N2O2/c21-19(22,23)15-5-7-17(29)27(11-15)9-13-1-2-14(4-3-13)10-28-12-16(20(24,25)26)6-8-18(28)30/h1-8,11-12H,9-10H2. The zero-order valence-electron chi connectivity index (χ0n) is 15.2. The SMILES string of the molecule is O=c1ccc(C(F)(F)F)cn1Cc1ccc(Cn2cc(C(F)(F)F)ccc2=O)cc1. The third-order valence-corrected chi connectivity index (χ3v) is 4.35. The lowest BCUT2D eigenvalue weighted by Gasteiger charge is -2.12. The molecule has 3 rings (SSSR count). The van der Waals surface area contributed by atoms with Gasteiger partial charge in [0.2, 0.25) is 0 Å². The van der Waals surface area contributed by atoms with E-state index in [9.17, 15) is 35.9 Å². The summed E-state index contributed by atoms with van der Waals surface area (Å²) in [4.78, 5) is 23.7. The maximum atomic E-state index is 12.8. The van der Waals surface area contributed by atoms with Gasteiger partial charge in [-0.1, -0.05) is 24.3 Å². The molecule has 30 heavy (non-hydrogen) atoms. The van der Waals surface area contributed by atoms with Gasteiger partial charge in [-0.15, -0.1) is 0 Å². The van der Waals surface area contributed by atoms with E-state index >= 15 is 0 Å². The molecule has 2 heterocycles. The number of pyridine rings is 2. The van der Waals surface area contributed by atoms with E-state index in [1.165, 1.54) is 24.3 Å². The van der Waals surface area contributed by atoms with Crippen LogP contribution in [-0.2, 0) is 25.4 Å². The zero-order chi connectivity index (χ0) is 22.1. The summed E-state index contributed by atoms with van der Waals surface area (Å²) in [6, 6.07) is 9.18. The first-order valence-corrected chi connectivity index (χ1v) is 8.57. The maximum Gasteiger partial charge on any atom is 0.417 e. The van der Waals surface area contributed by atoms with E-state index in [-0.39, 0.29) is 13.1 Å². The van der Waals surface area contributed by atoms with E-state index in [1.54, 1.807) is 0 Å². The first-order valence-electron chi connectivity index (χ1n) is 8.57. The molecule has 0 fully saturated rings. The average molecular weight is 428 g/mol. The number of rotatable bonds is 4. The Labute approximate surface area is 165 Å². The topological polar surface area (TPSA) is 44.0 Å². The fourth-order valence-electron chi connectivity index (χ4n) is 2.79. The Kier molecular flexibility index (Phi) is 5.60. The molecule has 0 aliphatic carbocycles. The Hall–Kier alpha value is -3.30. The van der Waals surface area contributed by atoms with Crippen molar-refractivity contribution in [2.24, 2.45) is 0 Å². The molecule has 0 aliphatic heterocycles. The summed E-state index contributed by atoms with van der Waals surface area (Å²) in [6.45, 7) is -0.237. The quantitative estimate of drug-likeness (QED) is 0.587. The van der Waals surface area contributed by atoms with E-state index in [0.29, 0.717) is 23.3 Å². The van der Waals surface area contributed by atoms with Gasteiger partial charge in [-0.3, -0.25) is 9.59 Å². The Balaban J connectivity index is 1.80. The average Bonchev–Trinajstić information content (AvgIpc) is 2.65. The van der Waals surface area contributed by atoms with Crippen molar-refractivity contribution in [1.82, 2.24) is 9.13 Å². The molecular weight excluding hydrogens is 414 g/mol. The Morgan fingerprint density at radius 2 is 0.900 bits per heavy atom. The fourth-order valence-corrected chi connectivity index (χ4v) is 2.79. The molecule has 4 nitrogen and oxygen atoms in total. The van der Waals surface area contributed by atoms with Crippen molar-refractivity contribution >= 4 is 0 Å². The van der Waals surface area contributed by atoms with Gasteiger partial charge in [-0.25, -0.2) is 0 Å². The summed E-state index contributed by atoms with van der Waals surface area (Å²) >= 11 is 0. The van der Waals surface area contributed by atoms with Crippen LogP contribution in [0.15, 0.2) is 70.5 Å². The summed E-state index contributed by atoms with van der Waals surface area (Å²) in [5.41, 5.74) is -2.11. The van der Waals surface area contributed by atoms with Crippen molar-refractivity contribution in [3.05, 3.63) is 104 Å². The lowest BCUT2D eigenvalue weighted by Crippen LogP contribution is -2.22. The van der Waals surface area contributed by atoms with Crippen LogP contribution in [0, 0.1) is 0 Å². The number of benzene rings is 1. The van der Waals surface area contributed by atoms with E-state index in [1.807, 2.05) is 0 Å². The van der Waals surface area contributed by atoms with Gasteiger partial charge in [0.05, 0.1) is 24.2 Å². The van der Waals surface area contributed by atoms with Crippen molar-refractivity contribution in [2.45, 2.75) is 25.4 Å². The first-order chi connectivity index (χ1) is 13.9. The zero-order valence-corrected chi connectivity index (χ0v) is 15.2. The first kappa shape index (κ1) is 21.4. The highest BCUT2D eigenvalue weighted by atomic mass is 19.4. The van der Waals surface area contributed by atoms with Crippen LogP contribution >= 0.6 is 0 Å². The lowest BCUT2D eigenvalue weighted by molar-refractivity contribution is -0.138. The van der Waals surface area contributed by atoms with Gasteiger partial charge in [-0.2, -0.15) is 26.3 Å². The summed E-state index contributed by atoms with van der Waals surface area (Å²) < 4.78 is 78.7. The highest BCUT2D eigenvalue weighted by molar-refractivity contribution is 5.25. The molecule has 2 aromatic heterocycles. The molecule has 0 atom stereocenters. The number of aromatic nitrogens is 2. The fraction of sp³-hybridized carbons (Fsp3) is 0.200. The highest BCUT2D eigenvalue weighted by Crippen LogP contribution is 2.29. The van der Waals surface area contributed by atoms with Crippen molar-refractivity contribution in [1.29, 1.82) is 0 Å². The molecule has 0 saturated heterocycles. The highest BCUT2D eigenvalue weighted by Gasteiger charge is 2.31. The molecule has 0 saturated carbocycles. The minimum absolute atomic E-state index is 0.119. The second-order valence-electron chi connectivity index (χ2n) is 6.58. The number of alkyl halides is 6. The minimum Gasteiger partial charge on any atom is -0.311 e. The predicted octanol–water partition coefficient (Wildman–Crippen LogP) is 4.14. The summed E-state index contributed by atoms with van der Waals surface area (Å²) in [5.74, 6) is 0.